The molecular weight excluding hydrogens is 419 g/mol. The molecule has 0 saturated heterocycles. The molecule has 0 N–H and O–H groups in total. The molecule has 3 aromatic rings. The van der Waals surface area contributed by atoms with Crippen molar-refractivity contribution in [3.63, 3.8) is 0 Å². The number of anilines is 2. The van der Waals surface area contributed by atoms with Crippen molar-refractivity contribution in [2.24, 2.45) is 0 Å². The third-order valence-corrected chi connectivity index (χ3v) is 4.54. The summed E-state index contributed by atoms with van der Waals surface area (Å²) in [5.74, 6) is -2.45. The lowest BCUT2D eigenvalue weighted by atomic mass is 10.0. The molecule has 0 atom stereocenters. The molecule has 0 saturated carbocycles. The quantitative estimate of drug-likeness (QED) is 0.326. The van der Waals surface area contributed by atoms with Crippen molar-refractivity contribution in [1.82, 2.24) is 0 Å². The first-order valence-electron chi connectivity index (χ1n) is 9.81. The first-order valence-corrected chi connectivity index (χ1v) is 9.81. The SMILES string of the molecule is CCOC(=O)c1ccc(N(/C=C(\C(=O)C(F)(F)F)c2ccccc2)c2ccccc2)cc1. The van der Waals surface area contributed by atoms with Crippen LogP contribution in [0.15, 0.2) is 91.1 Å². The van der Waals surface area contributed by atoms with Crippen molar-refractivity contribution < 1.29 is 27.5 Å². The van der Waals surface area contributed by atoms with E-state index in [1.54, 1.807) is 67.6 Å². The molecule has 0 bridgehead atoms. The summed E-state index contributed by atoms with van der Waals surface area (Å²) in [7, 11) is 0. The number of carbonyl (C=O) groups excluding carboxylic acids is 2. The standard InChI is InChI=1S/C25H20F3NO3/c1-2-32-24(31)19-13-15-21(16-14-19)29(20-11-7-4-8-12-20)17-22(23(30)25(26,27)28)18-9-5-3-6-10-18/h3-17H,2H2,1H3/b22-17-. The molecule has 0 heterocycles. The Morgan fingerprint density at radius 3 is 1.88 bits per heavy atom. The van der Waals surface area contributed by atoms with Gasteiger partial charge in [0.05, 0.1) is 17.7 Å². The van der Waals surface area contributed by atoms with Crippen LogP contribution in [0.4, 0.5) is 24.5 Å². The van der Waals surface area contributed by atoms with Crippen LogP contribution >= 0.6 is 0 Å². The Morgan fingerprint density at radius 2 is 1.34 bits per heavy atom. The third-order valence-electron chi connectivity index (χ3n) is 4.54. The Kier molecular flexibility index (Phi) is 7.10. The van der Waals surface area contributed by atoms with Gasteiger partial charge in [0.15, 0.2) is 0 Å². The van der Waals surface area contributed by atoms with Crippen molar-refractivity contribution in [3.05, 3.63) is 102 Å². The normalized spacial score (nSPS) is 11.7. The Hall–Kier alpha value is -3.87. The second kappa shape index (κ2) is 9.96. The van der Waals surface area contributed by atoms with Crippen LogP contribution < -0.4 is 4.90 Å². The minimum Gasteiger partial charge on any atom is -0.462 e. The largest absolute Gasteiger partial charge is 0.462 e. The number of ketones is 1. The molecule has 0 amide bonds. The van der Waals surface area contributed by atoms with E-state index >= 15 is 0 Å². The van der Waals surface area contributed by atoms with Crippen LogP contribution in [-0.2, 0) is 9.53 Å². The summed E-state index contributed by atoms with van der Waals surface area (Å²) in [5, 5.41) is 0. The first kappa shape index (κ1) is 22.8. The number of ether oxygens (including phenoxy) is 1. The molecular formula is C25H20F3NO3. The summed E-state index contributed by atoms with van der Waals surface area (Å²) in [6, 6.07) is 22.5. The maximum absolute atomic E-state index is 13.4. The van der Waals surface area contributed by atoms with E-state index in [1.165, 1.54) is 35.4 Å². The van der Waals surface area contributed by atoms with Gasteiger partial charge in [0.25, 0.3) is 5.78 Å². The molecule has 4 nitrogen and oxygen atoms in total. The van der Waals surface area contributed by atoms with E-state index in [1.807, 2.05) is 0 Å². The molecule has 0 spiro atoms. The molecule has 0 fully saturated rings. The van der Waals surface area contributed by atoms with Crippen LogP contribution in [-0.4, -0.2) is 24.5 Å². The number of hydrogen-bond acceptors (Lipinski definition) is 4. The highest BCUT2D eigenvalue weighted by Gasteiger charge is 2.41. The third kappa shape index (κ3) is 5.43. The number of hydrogen-bond donors (Lipinski definition) is 0. The van der Waals surface area contributed by atoms with E-state index in [0.717, 1.165) is 0 Å². The number of alkyl halides is 3. The van der Waals surface area contributed by atoms with Crippen molar-refractivity contribution in [1.29, 1.82) is 0 Å². The molecule has 7 heteroatoms. The molecule has 3 rings (SSSR count). The van der Waals surface area contributed by atoms with Gasteiger partial charge < -0.3 is 9.64 Å². The zero-order chi connectivity index (χ0) is 23.1. The van der Waals surface area contributed by atoms with Gasteiger partial charge in [-0.25, -0.2) is 4.79 Å². The van der Waals surface area contributed by atoms with Gasteiger partial charge in [-0.3, -0.25) is 4.79 Å². The van der Waals surface area contributed by atoms with E-state index < -0.39 is 23.5 Å². The van der Waals surface area contributed by atoms with Gasteiger partial charge >= 0.3 is 12.1 Å². The number of benzene rings is 3. The molecule has 0 radical (unpaired) electrons. The highest BCUT2D eigenvalue weighted by Crippen LogP contribution is 2.32. The van der Waals surface area contributed by atoms with Gasteiger partial charge in [0, 0.05) is 17.6 Å². The van der Waals surface area contributed by atoms with Gasteiger partial charge in [-0.15, -0.1) is 0 Å². The van der Waals surface area contributed by atoms with Crippen LogP contribution in [0, 0.1) is 0 Å². The van der Waals surface area contributed by atoms with E-state index in [-0.39, 0.29) is 12.2 Å². The molecule has 0 aliphatic heterocycles. The average molecular weight is 439 g/mol. The maximum atomic E-state index is 13.4. The number of para-hydroxylation sites is 1. The Labute approximate surface area is 183 Å². The fraction of sp³-hybridized carbons (Fsp3) is 0.120. The zero-order valence-electron chi connectivity index (χ0n) is 17.2. The molecule has 0 unspecified atom stereocenters. The van der Waals surface area contributed by atoms with Crippen molar-refractivity contribution in [2.45, 2.75) is 13.1 Å². The number of allylic oxidation sites excluding steroid dienone is 1. The van der Waals surface area contributed by atoms with Crippen molar-refractivity contribution >= 4 is 28.7 Å². The molecule has 0 aliphatic carbocycles. The molecule has 164 valence electrons. The zero-order valence-corrected chi connectivity index (χ0v) is 17.2. The Morgan fingerprint density at radius 1 is 0.812 bits per heavy atom. The van der Waals surface area contributed by atoms with Crippen molar-refractivity contribution in [2.75, 3.05) is 11.5 Å². The van der Waals surface area contributed by atoms with Crippen molar-refractivity contribution in [3.8, 4) is 0 Å². The smallest absolute Gasteiger partial charge is 0.454 e. The number of carbonyl (C=O) groups is 2. The molecule has 0 aliphatic rings. The lowest BCUT2D eigenvalue weighted by Gasteiger charge is -2.23. The Balaban J connectivity index is 2.13. The summed E-state index contributed by atoms with van der Waals surface area (Å²) in [6.45, 7) is 1.91. The van der Waals surface area contributed by atoms with Crippen LogP contribution in [0.1, 0.15) is 22.8 Å². The van der Waals surface area contributed by atoms with Gasteiger partial charge in [0.2, 0.25) is 0 Å². The second-order valence-electron chi connectivity index (χ2n) is 6.71. The van der Waals surface area contributed by atoms with Gasteiger partial charge in [-0.1, -0.05) is 48.5 Å². The molecule has 32 heavy (non-hydrogen) atoms. The minimum atomic E-state index is -5.04. The van der Waals surface area contributed by atoms with Crippen LogP contribution in [0.5, 0.6) is 0 Å². The van der Waals surface area contributed by atoms with Gasteiger partial charge in [-0.2, -0.15) is 13.2 Å². The summed E-state index contributed by atoms with van der Waals surface area (Å²) in [4.78, 5) is 25.7. The number of rotatable bonds is 7. The fourth-order valence-corrected chi connectivity index (χ4v) is 3.02. The van der Waals surface area contributed by atoms with Gasteiger partial charge in [0.1, 0.15) is 0 Å². The average Bonchev–Trinajstić information content (AvgIpc) is 2.80. The summed E-state index contributed by atoms with van der Waals surface area (Å²) >= 11 is 0. The Bertz CT molecular complexity index is 1090. The predicted octanol–water partition coefficient (Wildman–Crippen LogP) is 6.17. The summed E-state index contributed by atoms with van der Waals surface area (Å²) < 4.78 is 45.2. The highest BCUT2D eigenvalue weighted by molar-refractivity contribution is 6.23. The summed E-state index contributed by atoms with van der Waals surface area (Å²) in [5.41, 5.74) is 0.949. The number of esters is 1. The molecule has 0 aromatic heterocycles. The van der Waals surface area contributed by atoms with Gasteiger partial charge in [-0.05, 0) is 48.9 Å². The minimum absolute atomic E-state index is 0.138. The predicted molar refractivity (Wildman–Crippen MR) is 116 cm³/mol. The van der Waals surface area contributed by atoms with Crippen LogP contribution in [0.2, 0.25) is 0 Å². The number of halogens is 3. The fourth-order valence-electron chi connectivity index (χ4n) is 3.02. The lowest BCUT2D eigenvalue weighted by Crippen LogP contribution is -2.25. The number of nitrogens with zero attached hydrogens (tertiary/aromatic N) is 1. The van der Waals surface area contributed by atoms with Crippen LogP contribution in [0.3, 0.4) is 0 Å². The van der Waals surface area contributed by atoms with E-state index in [4.69, 9.17) is 4.74 Å². The monoisotopic (exact) mass is 439 g/mol. The second-order valence-corrected chi connectivity index (χ2v) is 6.71. The molecule has 3 aromatic carbocycles. The van der Waals surface area contributed by atoms with E-state index in [9.17, 15) is 22.8 Å². The maximum Gasteiger partial charge on any atom is 0.454 e. The van der Waals surface area contributed by atoms with Crippen LogP contribution in [0.25, 0.3) is 5.57 Å². The van der Waals surface area contributed by atoms with E-state index in [0.29, 0.717) is 16.9 Å². The highest BCUT2D eigenvalue weighted by atomic mass is 19.4. The summed E-state index contributed by atoms with van der Waals surface area (Å²) in [6.07, 6.45) is -3.88. The topological polar surface area (TPSA) is 46.6 Å². The first-order chi connectivity index (χ1) is 15.3. The lowest BCUT2D eigenvalue weighted by molar-refractivity contribution is -0.164. The van der Waals surface area contributed by atoms with E-state index in [2.05, 4.69) is 0 Å². The number of Topliss-reactive ketones (excluding diaryl/α,β-unsaturated/α-hetero) is 1.